The summed E-state index contributed by atoms with van der Waals surface area (Å²) in [5.74, 6) is -0.0550. The normalized spacial score (nSPS) is 11.7. The highest BCUT2D eigenvalue weighted by atomic mass is 16.5. The van der Waals surface area contributed by atoms with Crippen LogP contribution in [0.4, 0.5) is 0 Å². The number of carbonyl (C=O) groups excluding carboxylic acids is 2. The van der Waals surface area contributed by atoms with Gasteiger partial charge in [0.1, 0.15) is 11.5 Å². The van der Waals surface area contributed by atoms with Gasteiger partial charge >= 0.3 is 5.97 Å². The maximum Gasteiger partial charge on any atom is 0.343 e. The standard InChI is InChI=1S/C24H22N2O5/c1-2-30-20-14-10-19(11-15-20)24(29)31-21-12-8-17(9-13-21)16-25-26-23(28)22(27)18-6-4-3-5-7-18/h3-16,22,27H,2H2,1H3,(H,26,28). The van der Waals surface area contributed by atoms with E-state index in [9.17, 15) is 14.7 Å². The van der Waals surface area contributed by atoms with Gasteiger partial charge in [0.05, 0.1) is 18.4 Å². The highest BCUT2D eigenvalue weighted by Crippen LogP contribution is 2.16. The topological polar surface area (TPSA) is 97.2 Å². The molecule has 0 aliphatic rings. The molecule has 3 rings (SSSR count). The molecule has 0 aliphatic heterocycles. The summed E-state index contributed by atoms with van der Waals surface area (Å²) in [6, 6.07) is 21.9. The maximum absolute atomic E-state index is 12.2. The van der Waals surface area contributed by atoms with Crippen LogP contribution in [-0.2, 0) is 4.79 Å². The molecule has 0 heterocycles. The molecule has 31 heavy (non-hydrogen) atoms. The van der Waals surface area contributed by atoms with E-state index in [1.165, 1.54) is 6.21 Å². The number of aliphatic hydroxyl groups is 1. The Labute approximate surface area is 179 Å². The van der Waals surface area contributed by atoms with Gasteiger partial charge in [-0.15, -0.1) is 0 Å². The molecule has 0 spiro atoms. The van der Waals surface area contributed by atoms with Gasteiger partial charge in [0.2, 0.25) is 0 Å². The van der Waals surface area contributed by atoms with Gasteiger partial charge in [0, 0.05) is 0 Å². The molecular weight excluding hydrogens is 396 g/mol. The van der Waals surface area contributed by atoms with Crippen LogP contribution in [0.3, 0.4) is 0 Å². The first-order valence-corrected chi connectivity index (χ1v) is 9.68. The number of benzene rings is 3. The zero-order valence-corrected chi connectivity index (χ0v) is 16.9. The second-order valence-electron chi connectivity index (χ2n) is 6.46. The molecule has 0 radical (unpaired) electrons. The lowest BCUT2D eigenvalue weighted by Crippen LogP contribution is -2.25. The second-order valence-corrected chi connectivity index (χ2v) is 6.46. The van der Waals surface area contributed by atoms with Gasteiger partial charge in [0.15, 0.2) is 6.10 Å². The number of carbonyl (C=O) groups is 2. The predicted molar refractivity (Wildman–Crippen MR) is 116 cm³/mol. The average Bonchev–Trinajstić information content (AvgIpc) is 2.81. The fourth-order valence-electron chi connectivity index (χ4n) is 2.66. The van der Waals surface area contributed by atoms with Crippen LogP contribution in [0.5, 0.6) is 11.5 Å². The Balaban J connectivity index is 1.52. The molecule has 0 aliphatic carbocycles. The van der Waals surface area contributed by atoms with Crippen LogP contribution in [0.25, 0.3) is 0 Å². The Kier molecular flexibility index (Phi) is 7.50. The van der Waals surface area contributed by atoms with Gasteiger partial charge in [-0.2, -0.15) is 5.10 Å². The van der Waals surface area contributed by atoms with Crippen molar-refractivity contribution in [1.29, 1.82) is 0 Å². The summed E-state index contributed by atoms with van der Waals surface area (Å²) in [6.07, 6.45) is 0.121. The Morgan fingerprint density at radius 1 is 0.968 bits per heavy atom. The van der Waals surface area contributed by atoms with Crippen molar-refractivity contribution in [3.8, 4) is 11.5 Å². The third-order valence-corrected chi connectivity index (χ3v) is 4.24. The SMILES string of the molecule is CCOc1ccc(C(=O)Oc2ccc(C=NNC(=O)C(O)c3ccccc3)cc2)cc1. The van der Waals surface area contributed by atoms with Gasteiger partial charge in [-0.1, -0.05) is 30.3 Å². The molecule has 1 atom stereocenters. The molecular formula is C24H22N2O5. The number of amides is 1. The Bertz CT molecular complexity index is 1030. The van der Waals surface area contributed by atoms with Crippen LogP contribution < -0.4 is 14.9 Å². The Morgan fingerprint density at radius 3 is 2.26 bits per heavy atom. The number of nitrogens with zero attached hydrogens (tertiary/aromatic N) is 1. The summed E-state index contributed by atoms with van der Waals surface area (Å²) in [5.41, 5.74) is 3.86. The molecule has 7 nitrogen and oxygen atoms in total. The number of nitrogens with one attached hydrogen (secondary N) is 1. The number of hydrogen-bond donors (Lipinski definition) is 2. The van der Waals surface area contributed by atoms with Crippen molar-refractivity contribution in [3.05, 3.63) is 95.6 Å². The third kappa shape index (κ3) is 6.25. The number of esters is 1. The van der Waals surface area contributed by atoms with Crippen LogP contribution in [0, 0.1) is 0 Å². The van der Waals surface area contributed by atoms with Gasteiger partial charge in [-0.3, -0.25) is 4.79 Å². The van der Waals surface area contributed by atoms with E-state index < -0.39 is 18.0 Å². The van der Waals surface area contributed by atoms with E-state index in [0.29, 0.717) is 34.8 Å². The number of hydrogen-bond acceptors (Lipinski definition) is 6. The predicted octanol–water partition coefficient (Wildman–Crippen LogP) is 3.49. The molecule has 7 heteroatoms. The van der Waals surface area contributed by atoms with Gasteiger partial charge in [0.25, 0.3) is 5.91 Å². The first-order valence-electron chi connectivity index (χ1n) is 9.68. The van der Waals surface area contributed by atoms with Gasteiger partial charge < -0.3 is 14.6 Å². The number of aliphatic hydroxyl groups excluding tert-OH is 1. The van der Waals surface area contributed by atoms with Crippen LogP contribution >= 0.6 is 0 Å². The van der Waals surface area contributed by atoms with E-state index in [-0.39, 0.29) is 0 Å². The summed E-state index contributed by atoms with van der Waals surface area (Å²) in [5, 5.41) is 13.8. The lowest BCUT2D eigenvalue weighted by molar-refractivity contribution is -0.129. The van der Waals surface area contributed by atoms with E-state index in [1.54, 1.807) is 78.9 Å². The molecule has 0 fully saturated rings. The van der Waals surface area contributed by atoms with Crippen LogP contribution in [0.2, 0.25) is 0 Å². The van der Waals surface area contributed by atoms with E-state index in [4.69, 9.17) is 9.47 Å². The highest BCUT2D eigenvalue weighted by Gasteiger charge is 2.16. The fraction of sp³-hybridized carbons (Fsp3) is 0.125. The second kappa shape index (κ2) is 10.7. The number of ether oxygens (including phenoxy) is 2. The van der Waals surface area contributed by atoms with E-state index >= 15 is 0 Å². The monoisotopic (exact) mass is 418 g/mol. The van der Waals surface area contributed by atoms with E-state index in [0.717, 1.165) is 0 Å². The van der Waals surface area contributed by atoms with Crippen LogP contribution in [0.1, 0.15) is 34.5 Å². The summed E-state index contributed by atoms with van der Waals surface area (Å²) in [7, 11) is 0. The zero-order chi connectivity index (χ0) is 22.1. The Hall–Kier alpha value is -3.97. The van der Waals surface area contributed by atoms with Crippen LogP contribution in [-0.4, -0.2) is 29.8 Å². The largest absolute Gasteiger partial charge is 0.494 e. The van der Waals surface area contributed by atoms with Crippen molar-refractivity contribution >= 4 is 18.1 Å². The molecule has 1 unspecified atom stereocenters. The first kappa shape index (κ1) is 21.7. The summed E-state index contributed by atoms with van der Waals surface area (Å²) < 4.78 is 10.7. The van der Waals surface area contributed by atoms with Crippen LogP contribution in [0.15, 0.2) is 84.0 Å². The third-order valence-electron chi connectivity index (χ3n) is 4.24. The van der Waals surface area contributed by atoms with Gasteiger partial charge in [-0.25, -0.2) is 10.2 Å². The highest BCUT2D eigenvalue weighted by molar-refractivity contribution is 5.91. The summed E-state index contributed by atoms with van der Waals surface area (Å²) >= 11 is 0. The molecule has 0 saturated heterocycles. The van der Waals surface area contributed by atoms with E-state index in [2.05, 4.69) is 10.5 Å². The quantitative estimate of drug-likeness (QED) is 0.253. The lowest BCUT2D eigenvalue weighted by atomic mass is 10.1. The molecule has 2 N–H and O–H groups in total. The van der Waals surface area contributed by atoms with E-state index in [1.807, 2.05) is 6.92 Å². The molecule has 0 bridgehead atoms. The minimum Gasteiger partial charge on any atom is -0.494 e. The molecule has 0 saturated carbocycles. The molecule has 3 aromatic carbocycles. The Morgan fingerprint density at radius 2 is 1.61 bits per heavy atom. The van der Waals surface area contributed by atoms with Crippen molar-refractivity contribution in [3.63, 3.8) is 0 Å². The van der Waals surface area contributed by atoms with Crippen molar-refractivity contribution in [2.24, 2.45) is 5.10 Å². The van der Waals surface area contributed by atoms with Crippen molar-refractivity contribution in [1.82, 2.24) is 5.43 Å². The van der Waals surface area contributed by atoms with Crippen molar-refractivity contribution in [2.45, 2.75) is 13.0 Å². The minimum absolute atomic E-state index is 0.375. The molecule has 1 amide bonds. The first-order chi connectivity index (χ1) is 15.1. The summed E-state index contributed by atoms with van der Waals surface area (Å²) in [4.78, 5) is 24.2. The molecule has 158 valence electrons. The van der Waals surface area contributed by atoms with Crippen molar-refractivity contribution < 1.29 is 24.2 Å². The molecule has 3 aromatic rings. The number of hydrazone groups is 1. The average molecular weight is 418 g/mol. The van der Waals surface area contributed by atoms with Gasteiger partial charge in [-0.05, 0) is 66.6 Å². The fourth-order valence-corrected chi connectivity index (χ4v) is 2.66. The summed E-state index contributed by atoms with van der Waals surface area (Å²) in [6.45, 7) is 2.44. The lowest BCUT2D eigenvalue weighted by Gasteiger charge is -2.08. The number of rotatable bonds is 8. The smallest absolute Gasteiger partial charge is 0.343 e. The zero-order valence-electron chi connectivity index (χ0n) is 16.9. The van der Waals surface area contributed by atoms with Crippen molar-refractivity contribution in [2.75, 3.05) is 6.61 Å². The maximum atomic E-state index is 12.2. The molecule has 0 aromatic heterocycles. The minimum atomic E-state index is -1.30.